The van der Waals surface area contributed by atoms with Gasteiger partial charge in [-0.2, -0.15) is 0 Å². The number of allylic oxidation sites excluding steroid dienone is 2. The summed E-state index contributed by atoms with van der Waals surface area (Å²) in [5, 5.41) is 7.68. The lowest BCUT2D eigenvalue weighted by atomic mass is 10.0. The van der Waals surface area contributed by atoms with Gasteiger partial charge in [0, 0.05) is 7.05 Å². The van der Waals surface area contributed by atoms with Crippen LogP contribution in [-0.2, 0) is 7.05 Å². The molecule has 6 heteroatoms. The molecular formula is C11H13N5O. The molecule has 88 valence electrons. The van der Waals surface area contributed by atoms with Crippen LogP contribution in [0.15, 0.2) is 23.3 Å². The van der Waals surface area contributed by atoms with Crippen molar-refractivity contribution >= 4 is 11.2 Å². The van der Waals surface area contributed by atoms with Crippen LogP contribution in [0.1, 0.15) is 25.3 Å². The molecule has 1 aliphatic carbocycles. The van der Waals surface area contributed by atoms with E-state index >= 15 is 0 Å². The van der Waals surface area contributed by atoms with Crippen LogP contribution in [-0.4, -0.2) is 24.5 Å². The Labute approximate surface area is 97.6 Å². The summed E-state index contributed by atoms with van der Waals surface area (Å²) in [4.78, 5) is 16.5. The highest BCUT2D eigenvalue weighted by atomic mass is 16.1. The predicted molar refractivity (Wildman–Crippen MR) is 62.6 cm³/mol. The maximum Gasteiger partial charge on any atom is 0.284 e. The molecule has 0 aliphatic heterocycles. The fourth-order valence-corrected chi connectivity index (χ4v) is 2.19. The summed E-state index contributed by atoms with van der Waals surface area (Å²) in [5.41, 5.74) is 0.764. The number of aryl methyl sites for hydroxylation is 1. The van der Waals surface area contributed by atoms with Crippen molar-refractivity contribution in [1.29, 1.82) is 0 Å². The largest absolute Gasteiger partial charge is 0.290 e. The number of rotatable bonds is 1. The summed E-state index contributed by atoms with van der Waals surface area (Å²) >= 11 is 0. The minimum Gasteiger partial charge on any atom is -0.290 e. The van der Waals surface area contributed by atoms with Crippen LogP contribution in [0.3, 0.4) is 0 Å². The molecule has 1 aliphatic rings. The Morgan fingerprint density at radius 1 is 1.47 bits per heavy atom. The number of aromatic nitrogens is 5. The molecule has 2 heterocycles. The van der Waals surface area contributed by atoms with Gasteiger partial charge in [-0.15, -0.1) is 5.10 Å². The van der Waals surface area contributed by atoms with E-state index in [-0.39, 0.29) is 11.6 Å². The number of hydrogen-bond acceptors (Lipinski definition) is 4. The second kappa shape index (κ2) is 3.80. The molecule has 1 unspecified atom stereocenters. The molecule has 17 heavy (non-hydrogen) atoms. The van der Waals surface area contributed by atoms with Gasteiger partial charge in [-0.3, -0.25) is 9.36 Å². The van der Waals surface area contributed by atoms with Crippen molar-refractivity contribution in [2.75, 3.05) is 0 Å². The standard InChI is InChI=1S/C11H13N5O/c1-15-10-9(13-14-15)11(17)16(7-12-10)8-5-3-2-4-6-8/h3,5,7-8H,2,4,6H2,1H3. The van der Waals surface area contributed by atoms with E-state index in [0.29, 0.717) is 11.2 Å². The number of nitrogens with zero attached hydrogens (tertiary/aromatic N) is 5. The lowest BCUT2D eigenvalue weighted by Gasteiger charge is -2.18. The van der Waals surface area contributed by atoms with Crippen molar-refractivity contribution in [1.82, 2.24) is 24.5 Å². The predicted octanol–water partition coefficient (Wildman–Crippen LogP) is 0.806. The molecule has 2 aromatic rings. The van der Waals surface area contributed by atoms with Crippen molar-refractivity contribution in [3.05, 3.63) is 28.8 Å². The molecular weight excluding hydrogens is 218 g/mol. The molecule has 6 nitrogen and oxygen atoms in total. The van der Waals surface area contributed by atoms with E-state index in [4.69, 9.17) is 0 Å². The van der Waals surface area contributed by atoms with E-state index in [1.165, 1.54) is 4.68 Å². The third-order valence-corrected chi connectivity index (χ3v) is 3.12. The van der Waals surface area contributed by atoms with E-state index in [2.05, 4.69) is 27.4 Å². The monoisotopic (exact) mass is 231 g/mol. The summed E-state index contributed by atoms with van der Waals surface area (Å²) < 4.78 is 3.16. The Balaban J connectivity index is 2.17. The van der Waals surface area contributed by atoms with Crippen LogP contribution in [0.5, 0.6) is 0 Å². The zero-order valence-corrected chi connectivity index (χ0v) is 9.58. The van der Waals surface area contributed by atoms with E-state index in [9.17, 15) is 4.79 Å². The lowest BCUT2D eigenvalue weighted by Crippen LogP contribution is -2.25. The van der Waals surface area contributed by atoms with E-state index in [1.807, 2.05) is 0 Å². The summed E-state index contributed by atoms with van der Waals surface area (Å²) in [6.07, 6.45) is 8.94. The first-order chi connectivity index (χ1) is 8.27. The van der Waals surface area contributed by atoms with Gasteiger partial charge in [0.15, 0.2) is 11.2 Å². The van der Waals surface area contributed by atoms with Gasteiger partial charge in [0.2, 0.25) is 0 Å². The normalized spacial score (nSPS) is 19.9. The molecule has 0 fully saturated rings. The number of hydrogen-bond donors (Lipinski definition) is 0. The highest BCUT2D eigenvalue weighted by molar-refractivity contribution is 5.67. The highest BCUT2D eigenvalue weighted by Gasteiger charge is 2.16. The average Bonchev–Trinajstić information content (AvgIpc) is 2.74. The van der Waals surface area contributed by atoms with Crippen molar-refractivity contribution in [3.63, 3.8) is 0 Å². The van der Waals surface area contributed by atoms with Crippen LogP contribution in [0.2, 0.25) is 0 Å². The Morgan fingerprint density at radius 2 is 2.35 bits per heavy atom. The molecule has 0 saturated carbocycles. The van der Waals surface area contributed by atoms with Crippen molar-refractivity contribution in [3.8, 4) is 0 Å². The number of fused-ring (bicyclic) bond motifs is 1. The fourth-order valence-electron chi connectivity index (χ4n) is 2.19. The van der Waals surface area contributed by atoms with Gasteiger partial charge in [0.05, 0.1) is 6.04 Å². The second-order valence-corrected chi connectivity index (χ2v) is 4.27. The van der Waals surface area contributed by atoms with Gasteiger partial charge in [0.25, 0.3) is 5.56 Å². The Hall–Kier alpha value is -1.98. The molecule has 0 bridgehead atoms. The zero-order valence-electron chi connectivity index (χ0n) is 9.58. The minimum atomic E-state index is -0.111. The van der Waals surface area contributed by atoms with E-state index in [1.54, 1.807) is 17.9 Å². The summed E-state index contributed by atoms with van der Waals surface area (Å²) in [5.74, 6) is 0. The highest BCUT2D eigenvalue weighted by Crippen LogP contribution is 2.20. The van der Waals surface area contributed by atoms with Gasteiger partial charge in [-0.25, -0.2) is 9.67 Å². The maximum absolute atomic E-state index is 12.2. The smallest absolute Gasteiger partial charge is 0.284 e. The lowest BCUT2D eigenvalue weighted by molar-refractivity contribution is 0.501. The van der Waals surface area contributed by atoms with E-state index in [0.717, 1.165) is 19.3 Å². The van der Waals surface area contributed by atoms with E-state index < -0.39 is 0 Å². The Bertz CT molecular complexity index is 639. The molecule has 3 rings (SSSR count). The first-order valence-electron chi connectivity index (χ1n) is 5.70. The molecule has 0 N–H and O–H groups in total. The minimum absolute atomic E-state index is 0.107. The summed E-state index contributed by atoms with van der Waals surface area (Å²) in [6, 6.07) is 0.107. The quantitative estimate of drug-likeness (QED) is 0.681. The van der Waals surface area contributed by atoms with Crippen molar-refractivity contribution in [2.24, 2.45) is 7.05 Å². The van der Waals surface area contributed by atoms with Gasteiger partial charge in [-0.05, 0) is 19.3 Å². The van der Waals surface area contributed by atoms with Crippen molar-refractivity contribution < 1.29 is 0 Å². The Morgan fingerprint density at radius 3 is 3.12 bits per heavy atom. The molecule has 0 spiro atoms. The summed E-state index contributed by atoms with van der Waals surface area (Å²) in [6.45, 7) is 0. The van der Waals surface area contributed by atoms with Crippen molar-refractivity contribution in [2.45, 2.75) is 25.3 Å². The van der Waals surface area contributed by atoms with Crippen LogP contribution < -0.4 is 5.56 Å². The van der Waals surface area contributed by atoms with Gasteiger partial charge in [0.1, 0.15) is 6.33 Å². The first kappa shape index (κ1) is 10.2. The van der Waals surface area contributed by atoms with Gasteiger partial charge >= 0.3 is 0 Å². The summed E-state index contributed by atoms with van der Waals surface area (Å²) in [7, 11) is 1.73. The average molecular weight is 231 g/mol. The maximum atomic E-state index is 12.2. The third-order valence-electron chi connectivity index (χ3n) is 3.12. The zero-order chi connectivity index (χ0) is 11.8. The van der Waals surface area contributed by atoms with Gasteiger partial charge in [-0.1, -0.05) is 17.4 Å². The topological polar surface area (TPSA) is 65.6 Å². The molecule has 1 atom stereocenters. The van der Waals surface area contributed by atoms with Gasteiger partial charge < -0.3 is 0 Å². The molecule has 0 radical (unpaired) electrons. The SMILES string of the molecule is Cn1nnc2c(=O)n(C3C=CCCC3)cnc21. The van der Waals surface area contributed by atoms with Crippen LogP contribution >= 0.6 is 0 Å². The van der Waals surface area contributed by atoms with Crippen LogP contribution in [0, 0.1) is 0 Å². The first-order valence-corrected chi connectivity index (χ1v) is 5.70. The Kier molecular flexibility index (Phi) is 2.28. The fraction of sp³-hybridized carbons (Fsp3) is 0.455. The molecule has 0 amide bonds. The van der Waals surface area contributed by atoms with Crippen LogP contribution in [0.25, 0.3) is 11.2 Å². The molecule has 2 aromatic heterocycles. The van der Waals surface area contributed by atoms with Crippen LogP contribution in [0.4, 0.5) is 0 Å². The molecule has 0 saturated heterocycles. The third kappa shape index (κ3) is 1.56. The second-order valence-electron chi connectivity index (χ2n) is 4.27. The molecule has 0 aromatic carbocycles.